The van der Waals surface area contributed by atoms with Crippen molar-refractivity contribution in [1.82, 2.24) is 4.90 Å². The first-order valence-electron chi connectivity index (χ1n) is 12.5. The van der Waals surface area contributed by atoms with Gasteiger partial charge in [-0.05, 0) is 61.6 Å². The Bertz CT molecular complexity index is 635. The van der Waals surface area contributed by atoms with Crippen LogP contribution in [0.15, 0.2) is 24.3 Å². The lowest BCUT2D eigenvalue weighted by molar-refractivity contribution is 0.0941. The van der Waals surface area contributed by atoms with Crippen molar-refractivity contribution in [2.24, 2.45) is 0 Å². The Labute approximate surface area is 196 Å². The Morgan fingerprint density at radius 3 is 1.83 bits per heavy atom. The van der Waals surface area contributed by atoms with Crippen LogP contribution < -0.4 is 0 Å². The normalized spacial score (nSPS) is 22.5. The van der Waals surface area contributed by atoms with Crippen molar-refractivity contribution >= 4 is 30.1 Å². The number of halogens is 2. The molecule has 0 radical (unpaired) electrons. The van der Waals surface area contributed by atoms with Crippen LogP contribution >= 0.6 is 24.0 Å². The molecule has 3 fully saturated rings. The van der Waals surface area contributed by atoms with E-state index in [1.54, 1.807) is 0 Å². The smallest absolute Gasteiger partial charge is 0.0446 e. The highest BCUT2D eigenvalue weighted by atomic mass is 35.5. The summed E-state index contributed by atoms with van der Waals surface area (Å²) < 4.78 is 0. The summed E-state index contributed by atoms with van der Waals surface area (Å²) in [5.74, 6) is 0.683. The maximum absolute atomic E-state index is 6.70. The molecule has 3 saturated carbocycles. The topological polar surface area (TPSA) is 3.24 Å². The first kappa shape index (κ1) is 24.1. The van der Waals surface area contributed by atoms with Crippen LogP contribution in [0.2, 0.25) is 5.02 Å². The van der Waals surface area contributed by atoms with Gasteiger partial charge in [0.2, 0.25) is 0 Å². The van der Waals surface area contributed by atoms with E-state index in [2.05, 4.69) is 35.3 Å². The number of hydrogen-bond acceptors (Lipinski definition) is 1. The molecule has 0 N–H and O–H groups in total. The first-order valence-corrected chi connectivity index (χ1v) is 12.9. The summed E-state index contributed by atoms with van der Waals surface area (Å²) in [7, 11) is 0. The standard InChI is InChI=1S/C27H40ClN.ClH/c28-27-21-22(18-19-26(27)23-12-4-1-5-13-23)11-10-20-29(24-14-6-2-7-15-24)25-16-8-3-9-17-25;/h10-11,18-19,21,23-25H,1-9,12-17,20H2;1H. The average molecular weight is 451 g/mol. The van der Waals surface area contributed by atoms with Crippen molar-refractivity contribution in [3.63, 3.8) is 0 Å². The molecule has 0 aliphatic heterocycles. The molecule has 1 aromatic carbocycles. The number of benzene rings is 1. The fourth-order valence-corrected chi connectivity index (χ4v) is 6.47. The molecule has 4 rings (SSSR count). The molecule has 0 saturated heterocycles. The third-order valence-corrected chi connectivity index (χ3v) is 8.11. The molecule has 3 aliphatic carbocycles. The van der Waals surface area contributed by atoms with Gasteiger partial charge in [0, 0.05) is 23.7 Å². The minimum Gasteiger partial charge on any atom is -0.294 e. The molecule has 1 nitrogen and oxygen atoms in total. The monoisotopic (exact) mass is 449 g/mol. The summed E-state index contributed by atoms with van der Waals surface area (Å²) in [5.41, 5.74) is 2.65. The van der Waals surface area contributed by atoms with E-state index in [-0.39, 0.29) is 12.4 Å². The molecule has 1 aromatic rings. The second kappa shape index (κ2) is 12.5. The van der Waals surface area contributed by atoms with Crippen LogP contribution in [0.4, 0.5) is 0 Å². The van der Waals surface area contributed by atoms with E-state index in [4.69, 9.17) is 11.6 Å². The van der Waals surface area contributed by atoms with Crippen molar-refractivity contribution < 1.29 is 0 Å². The molecule has 0 amide bonds. The zero-order chi connectivity index (χ0) is 19.9. The highest BCUT2D eigenvalue weighted by molar-refractivity contribution is 6.31. The molecule has 0 unspecified atom stereocenters. The van der Waals surface area contributed by atoms with Crippen molar-refractivity contribution in [3.05, 3.63) is 40.4 Å². The van der Waals surface area contributed by atoms with Crippen LogP contribution in [0.5, 0.6) is 0 Å². The van der Waals surface area contributed by atoms with Gasteiger partial charge in [0.1, 0.15) is 0 Å². The van der Waals surface area contributed by atoms with E-state index < -0.39 is 0 Å². The van der Waals surface area contributed by atoms with Crippen molar-refractivity contribution in [1.29, 1.82) is 0 Å². The third-order valence-electron chi connectivity index (χ3n) is 7.78. The van der Waals surface area contributed by atoms with Crippen molar-refractivity contribution in [2.75, 3.05) is 6.54 Å². The Morgan fingerprint density at radius 1 is 0.767 bits per heavy atom. The maximum atomic E-state index is 6.70. The van der Waals surface area contributed by atoms with E-state index in [9.17, 15) is 0 Å². The van der Waals surface area contributed by atoms with Gasteiger partial charge >= 0.3 is 0 Å². The zero-order valence-corrected chi connectivity index (χ0v) is 20.2. The van der Waals surface area contributed by atoms with Gasteiger partial charge in [0.15, 0.2) is 0 Å². The predicted molar refractivity (Wildman–Crippen MR) is 134 cm³/mol. The van der Waals surface area contributed by atoms with Gasteiger partial charge in [0.25, 0.3) is 0 Å². The molecule has 30 heavy (non-hydrogen) atoms. The molecule has 0 bridgehead atoms. The quantitative estimate of drug-likeness (QED) is 0.419. The Kier molecular flexibility index (Phi) is 10.1. The van der Waals surface area contributed by atoms with Crippen molar-refractivity contribution in [2.45, 2.75) is 114 Å². The van der Waals surface area contributed by atoms with Crippen LogP contribution in [0, 0.1) is 0 Å². The molecule has 0 spiro atoms. The number of rotatable bonds is 6. The summed E-state index contributed by atoms with van der Waals surface area (Å²) in [5, 5.41) is 0.982. The fraction of sp³-hybridized carbons (Fsp3) is 0.704. The maximum Gasteiger partial charge on any atom is 0.0446 e. The van der Waals surface area contributed by atoms with Crippen LogP contribution in [0.3, 0.4) is 0 Å². The lowest BCUT2D eigenvalue weighted by atomic mass is 9.84. The SMILES string of the molecule is Cl.Clc1cc(C=CCN(C2CCCCC2)C2CCCCC2)ccc1C1CCCCC1. The second-order valence-electron chi connectivity index (χ2n) is 9.80. The van der Waals surface area contributed by atoms with Crippen LogP contribution in [0.25, 0.3) is 6.08 Å². The summed E-state index contributed by atoms with van der Waals surface area (Å²) in [6.07, 6.45) is 25.7. The molecular formula is C27H41Cl2N. The van der Waals surface area contributed by atoms with Crippen LogP contribution in [-0.2, 0) is 0 Å². The largest absolute Gasteiger partial charge is 0.294 e. The first-order chi connectivity index (χ1) is 14.3. The molecule has 168 valence electrons. The molecular weight excluding hydrogens is 409 g/mol. The Morgan fingerprint density at radius 2 is 1.30 bits per heavy atom. The van der Waals surface area contributed by atoms with Crippen molar-refractivity contribution in [3.8, 4) is 0 Å². The predicted octanol–water partition coefficient (Wildman–Crippen LogP) is 8.79. The molecule has 0 aromatic heterocycles. The second-order valence-corrected chi connectivity index (χ2v) is 10.2. The van der Waals surface area contributed by atoms with E-state index >= 15 is 0 Å². The molecule has 0 atom stereocenters. The summed E-state index contributed by atoms with van der Waals surface area (Å²) in [6, 6.07) is 8.42. The Hall–Kier alpha value is -0.500. The highest BCUT2D eigenvalue weighted by Crippen LogP contribution is 2.37. The number of hydrogen-bond donors (Lipinski definition) is 0. The van der Waals surface area contributed by atoms with Gasteiger partial charge in [0.05, 0.1) is 0 Å². The van der Waals surface area contributed by atoms with E-state index in [0.29, 0.717) is 5.92 Å². The fourth-order valence-electron chi connectivity index (χ4n) is 6.12. The van der Waals surface area contributed by atoms with Gasteiger partial charge in [-0.2, -0.15) is 0 Å². The van der Waals surface area contributed by atoms with E-state index in [1.165, 1.54) is 107 Å². The summed E-state index contributed by atoms with van der Waals surface area (Å²) in [4.78, 5) is 2.87. The van der Waals surface area contributed by atoms with Gasteiger partial charge < -0.3 is 0 Å². The lowest BCUT2D eigenvalue weighted by Gasteiger charge is -2.41. The van der Waals surface area contributed by atoms with E-state index in [0.717, 1.165) is 23.7 Å². The zero-order valence-electron chi connectivity index (χ0n) is 18.7. The molecule has 0 heterocycles. The minimum absolute atomic E-state index is 0. The van der Waals surface area contributed by atoms with Crippen LogP contribution in [-0.4, -0.2) is 23.5 Å². The van der Waals surface area contributed by atoms with Gasteiger partial charge in [-0.25, -0.2) is 0 Å². The summed E-state index contributed by atoms with van der Waals surface area (Å²) >= 11 is 6.70. The molecule has 3 aliphatic rings. The van der Waals surface area contributed by atoms with Crippen LogP contribution in [0.1, 0.15) is 113 Å². The van der Waals surface area contributed by atoms with Gasteiger partial charge in [-0.1, -0.05) is 93.7 Å². The highest BCUT2D eigenvalue weighted by Gasteiger charge is 2.27. The minimum atomic E-state index is 0. The summed E-state index contributed by atoms with van der Waals surface area (Å²) in [6.45, 7) is 1.11. The lowest BCUT2D eigenvalue weighted by Crippen LogP contribution is -2.45. The van der Waals surface area contributed by atoms with Gasteiger partial charge in [-0.3, -0.25) is 4.90 Å². The Balaban J connectivity index is 0.00000256. The third kappa shape index (κ3) is 6.50. The average Bonchev–Trinajstić information content (AvgIpc) is 2.79. The number of nitrogens with zero attached hydrogens (tertiary/aromatic N) is 1. The van der Waals surface area contributed by atoms with E-state index in [1.807, 2.05) is 0 Å². The molecule has 3 heteroatoms. The van der Waals surface area contributed by atoms with Gasteiger partial charge in [-0.15, -0.1) is 12.4 Å².